The Morgan fingerprint density at radius 2 is 1.85 bits per heavy atom. The number of rotatable bonds is 8. The minimum absolute atomic E-state index is 0.0792. The second-order valence-corrected chi connectivity index (χ2v) is 9.43. The van der Waals surface area contributed by atoms with E-state index in [1.54, 1.807) is 0 Å². The number of benzene rings is 2. The highest BCUT2D eigenvalue weighted by Crippen LogP contribution is 2.49. The van der Waals surface area contributed by atoms with Crippen molar-refractivity contribution in [3.63, 3.8) is 0 Å². The average Bonchev–Trinajstić information content (AvgIpc) is 3.52. The van der Waals surface area contributed by atoms with E-state index in [4.69, 9.17) is 15.2 Å². The first-order valence-electron chi connectivity index (χ1n) is 12.2. The molecule has 0 saturated heterocycles. The number of fused-ring (bicyclic) bond motifs is 2. The SMILES string of the molecule is COc1cc(OC(F)(F)F)ccc1Oc1cc(C2=CC3CCC2C3)cc(F)c1C(=O)Nc1ccnc(C(N)=O)c1. The highest BCUT2D eigenvalue weighted by Gasteiger charge is 2.35. The van der Waals surface area contributed by atoms with Gasteiger partial charge in [-0.3, -0.25) is 14.6 Å². The van der Waals surface area contributed by atoms with Gasteiger partial charge in [0.2, 0.25) is 0 Å². The van der Waals surface area contributed by atoms with Crippen molar-refractivity contribution < 1.29 is 41.4 Å². The van der Waals surface area contributed by atoms with E-state index in [0.29, 0.717) is 11.5 Å². The minimum Gasteiger partial charge on any atom is -0.493 e. The predicted octanol–water partition coefficient (Wildman–Crippen LogP) is 6.08. The Morgan fingerprint density at radius 1 is 1.05 bits per heavy atom. The highest BCUT2D eigenvalue weighted by molar-refractivity contribution is 6.07. The molecule has 0 aliphatic heterocycles. The van der Waals surface area contributed by atoms with Crippen molar-refractivity contribution in [3.8, 4) is 23.0 Å². The number of allylic oxidation sites excluding steroid dienone is 2. The molecule has 208 valence electrons. The first-order valence-corrected chi connectivity index (χ1v) is 12.2. The number of hydrogen-bond donors (Lipinski definition) is 2. The summed E-state index contributed by atoms with van der Waals surface area (Å²) in [5, 5.41) is 2.50. The zero-order chi connectivity index (χ0) is 28.6. The van der Waals surface area contributed by atoms with Gasteiger partial charge in [0.05, 0.1) is 7.11 Å². The lowest BCUT2D eigenvalue weighted by molar-refractivity contribution is -0.274. The number of primary amides is 1. The van der Waals surface area contributed by atoms with Gasteiger partial charge in [0.1, 0.15) is 28.6 Å². The number of ether oxygens (including phenoxy) is 3. The third-order valence-electron chi connectivity index (χ3n) is 6.80. The van der Waals surface area contributed by atoms with E-state index in [1.165, 1.54) is 37.6 Å². The monoisotopic (exact) mass is 557 g/mol. The molecule has 3 N–H and O–H groups in total. The summed E-state index contributed by atoms with van der Waals surface area (Å²) in [6.07, 6.45) is 1.42. The van der Waals surface area contributed by atoms with Gasteiger partial charge >= 0.3 is 6.36 Å². The van der Waals surface area contributed by atoms with Crippen molar-refractivity contribution in [2.45, 2.75) is 25.6 Å². The molecule has 1 fully saturated rings. The van der Waals surface area contributed by atoms with Crippen LogP contribution in [0.5, 0.6) is 23.0 Å². The number of pyridine rings is 1. The van der Waals surface area contributed by atoms with E-state index in [1.807, 2.05) is 0 Å². The number of alkyl halides is 3. The Morgan fingerprint density at radius 3 is 2.50 bits per heavy atom. The van der Waals surface area contributed by atoms with E-state index < -0.39 is 35.3 Å². The van der Waals surface area contributed by atoms with Crippen LogP contribution >= 0.6 is 0 Å². The third-order valence-corrected chi connectivity index (χ3v) is 6.80. The fraction of sp³-hybridized carbons (Fsp3) is 0.250. The number of halogens is 4. The Kier molecular flexibility index (Phi) is 7.09. The van der Waals surface area contributed by atoms with Crippen LogP contribution in [0.1, 0.15) is 45.7 Å². The van der Waals surface area contributed by atoms with Crippen LogP contribution in [-0.4, -0.2) is 30.3 Å². The summed E-state index contributed by atoms with van der Waals surface area (Å²) >= 11 is 0. The van der Waals surface area contributed by atoms with Crippen LogP contribution < -0.4 is 25.3 Å². The van der Waals surface area contributed by atoms with Crippen molar-refractivity contribution >= 4 is 23.1 Å². The number of methoxy groups -OCH3 is 1. The highest BCUT2D eigenvalue weighted by atomic mass is 19.4. The molecule has 2 bridgehead atoms. The summed E-state index contributed by atoms with van der Waals surface area (Å²) in [5.74, 6) is -2.90. The molecule has 1 heterocycles. The maximum absolute atomic E-state index is 15.7. The molecule has 2 aliphatic rings. The number of carbonyl (C=O) groups excluding carboxylic acids is 2. The normalized spacial score (nSPS) is 17.8. The molecule has 8 nitrogen and oxygen atoms in total. The van der Waals surface area contributed by atoms with Crippen molar-refractivity contribution in [2.75, 3.05) is 12.4 Å². The molecule has 2 unspecified atom stereocenters. The Labute approximate surface area is 225 Å². The first-order chi connectivity index (χ1) is 19.0. The van der Waals surface area contributed by atoms with Crippen molar-refractivity contribution in [1.29, 1.82) is 0 Å². The van der Waals surface area contributed by atoms with E-state index in [9.17, 15) is 22.8 Å². The molecule has 12 heteroatoms. The van der Waals surface area contributed by atoms with Gasteiger partial charge in [-0.25, -0.2) is 4.39 Å². The van der Waals surface area contributed by atoms with Crippen LogP contribution in [0.25, 0.3) is 5.57 Å². The van der Waals surface area contributed by atoms with Gasteiger partial charge in [-0.2, -0.15) is 0 Å². The lowest BCUT2D eigenvalue weighted by atomic mass is 9.91. The van der Waals surface area contributed by atoms with Crippen molar-refractivity contribution in [3.05, 3.63) is 77.4 Å². The molecule has 1 saturated carbocycles. The van der Waals surface area contributed by atoms with Gasteiger partial charge in [-0.05, 0) is 78.6 Å². The second-order valence-electron chi connectivity index (χ2n) is 9.43. The molecule has 40 heavy (non-hydrogen) atoms. The molecule has 2 aromatic carbocycles. The topological polar surface area (TPSA) is 113 Å². The number of nitrogens with two attached hydrogens (primary N) is 1. The summed E-state index contributed by atoms with van der Waals surface area (Å²) in [6.45, 7) is 0. The molecule has 0 spiro atoms. The fourth-order valence-corrected chi connectivity index (χ4v) is 5.11. The van der Waals surface area contributed by atoms with Crippen LogP contribution in [0.15, 0.2) is 54.7 Å². The van der Waals surface area contributed by atoms with E-state index in [0.717, 1.165) is 43.0 Å². The zero-order valence-electron chi connectivity index (χ0n) is 21.0. The Bertz CT molecular complexity index is 1520. The largest absolute Gasteiger partial charge is 0.573 e. The molecule has 2 amide bonds. The minimum atomic E-state index is -4.92. The number of hydrogen-bond acceptors (Lipinski definition) is 6. The van der Waals surface area contributed by atoms with Crippen LogP contribution in [0.4, 0.5) is 23.2 Å². The Hall–Kier alpha value is -4.61. The number of anilines is 1. The lowest BCUT2D eigenvalue weighted by Crippen LogP contribution is -2.18. The number of nitrogens with zero attached hydrogens (tertiary/aromatic N) is 1. The number of carbonyl (C=O) groups is 2. The summed E-state index contributed by atoms with van der Waals surface area (Å²) in [6, 6.07) is 8.52. The van der Waals surface area contributed by atoms with Crippen LogP contribution in [0, 0.1) is 17.7 Å². The molecule has 5 rings (SSSR count). The quantitative estimate of drug-likeness (QED) is 0.325. The number of aromatic nitrogens is 1. The summed E-state index contributed by atoms with van der Waals surface area (Å²) in [4.78, 5) is 28.6. The summed E-state index contributed by atoms with van der Waals surface area (Å²) in [5.41, 5.74) is 6.28. The van der Waals surface area contributed by atoms with Gasteiger partial charge < -0.3 is 25.3 Å². The zero-order valence-corrected chi connectivity index (χ0v) is 21.0. The fourth-order valence-electron chi connectivity index (χ4n) is 5.11. The van der Waals surface area contributed by atoms with Crippen molar-refractivity contribution in [1.82, 2.24) is 4.98 Å². The predicted molar refractivity (Wildman–Crippen MR) is 136 cm³/mol. The summed E-state index contributed by atoms with van der Waals surface area (Å²) in [7, 11) is 1.21. The van der Waals surface area contributed by atoms with E-state index in [2.05, 4.69) is 21.1 Å². The van der Waals surface area contributed by atoms with Crippen LogP contribution in [0.3, 0.4) is 0 Å². The molecule has 1 aromatic heterocycles. The van der Waals surface area contributed by atoms with Crippen molar-refractivity contribution in [2.24, 2.45) is 17.6 Å². The molecular weight excluding hydrogens is 534 g/mol. The molecule has 2 atom stereocenters. The van der Waals surface area contributed by atoms with Gasteiger partial charge in [0.25, 0.3) is 11.8 Å². The van der Waals surface area contributed by atoms with E-state index >= 15 is 4.39 Å². The van der Waals surface area contributed by atoms with Gasteiger partial charge in [-0.1, -0.05) is 6.08 Å². The molecule has 0 radical (unpaired) electrons. The smallest absolute Gasteiger partial charge is 0.493 e. The summed E-state index contributed by atoms with van der Waals surface area (Å²) < 4.78 is 68.8. The van der Waals surface area contributed by atoms with Gasteiger partial charge in [-0.15, -0.1) is 13.2 Å². The second kappa shape index (κ2) is 10.5. The number of amides is 2. The van der Waals surface area contributed by atoms with Gasteiger partial charge in [0, 0.05) is 18.0 Å². The average molecular weight is 558 g/mol. The number of nitrogens with one attached hydrogen (secondary N) is 1. The lowest BCUT2D eigenvalue weighted by Gasteiger charge is -2.19. The van der Waals surface area contributed by atoms with Gasteiger partial charge in [0.15, 0.2) is 11.5 Å². The van der Waals surface area contributed by atoms with Crippen LogP contribution in [0.2, 0.25) is 0 Å². The first kappa shape index (κ1) is 27.0. The van der Waals surface area contributed by atoms with Crippen LogP contribution in [-0.2, 0) is 0 Å². The van der Waals surface area contributed by atoms with E-state index in [-0.39, 0.29) is 34.5 Å². The molecule has 2 aliphatic carbocycles. The maximum Gasteiger partial charge on any atom is 0.573 e. The third kappa shape index (κ3) is 5.70. The maximum atomic E-state index is 15.7. The molecular formula is C28H23F4N3O5. The Balaban J connectivity index is 1.54. The standard InChI is InChI=1S/C28H23F4N3O5/c1-38-23-13-18(40-28(30,31)32)4-5-22(23)39-24-11-16(19-9-14-2-3-15(19)8-14)10-20(29)25(24)27(37)35-17-6-7-34-21(12-17)26(33)36/h4-7,9-15H,2-3,8H2,1H3,(H2,33,36)(H,34,35,37). The molecule has 3 aromatic rings.